The lowest BCUT2D eigenvalue weighted by Gasteiger charge is -2.35. The minimum Gasteiger partial charge on any atom is -0.371 e. The van der Waals surface area contributed by atoms with Crippen LogP contribution in [0.15, 0.2) is 61.1 Å². The van der Waals surface area contributed by atoms with E-state index in [0.29, 0.717) is 12.2 Å². The maximum atomic E-state index is 13.0. The number of likely N-dealkylation sites (N-methyl/N-ethyl adjacent to an activating group) is 1. The number of amides is 1. The number of nitrogens with zero attached hydrogens (tertiary/aromatic N) is 5. The molecule has 0 unspecified atom stereocenters. The topological polar surface area (TPSA) is 54.3 Å². The molecule has 3 heterocycles. The van der Waals surface area contributed by atoms with Gasteiger partial charge in [-0.25, -0.2) is 4.68 Å². The number of benzene rings is 1. The van der Waals surface area contributed by atoms with Crippen LogP contribution in [0.4, 0.5) is 11.4 Å². The van der Waals surface area contributed by atoms with E-state index in [1.807, 2.05) is 49.6 Å². The Labute approximate surface area is 140 Å². The van der Waals surface area contributed by atoms with Crippen molar-refractivity contribution in [1.82, 2.24) is 14.8 Å². The lowest BCUT2D eigenvalue weighted by atomic mass is 10.1. The number of pyridine rings is 1. The molecule has 1 amide bonds. The Hall–Kier alpha value is -3.15. The fraction of sp³-hybridized carbons (Fsp3) is 0.167. The molecular weight excluding hydrogens is 302 g/mol. The van der Waals surface area contributed by atoms with Crippen molar-refractivity contribution in [3.05, 3.63) is 66.7 Å². The van der Waals surface area contributed by atoms with Gasteiger partial charge in [0.15, 0.2) is 0 Å². The summed E-state index contributed by atoms with van der Waals surface area (Å²) in [5.74, 6) is -0.0930. The van der Waals surface area contributed by atoms with E-state index in [1.165, 1.54) is 0 Å². The first-order chi connectivity index (χ1) is 11.7. The van der Waals surface area contributed by atoms with Crippen molar-refractivity contribution in [2.75, 3.05) is 29.9 Å². The van der Waals surface area contributed by atoms with Gasteiger partial charge in [-0.15, -0.1) is 0 Å². The molecule has 3 aromatic rings. The number of carbonyl (C=O) groups excluding carboxylic acids is 1. The van der Waals surface area contributed by atoms with Crippen LogP contribution < -0.4 is 9.80 Å². The van der Waals surface area contributed by atoms with E-state index in [2.05, 4.69) is 15.0 Å². The zero-order chi connectivity index (χ0) is 16.5. The molecule has 0 atom stereocenters. The second-order valence-corrected chi connectivity index (χ2v) is 5.72. The normalized spacial score (nSPS) is 13.7. The second kappa shape index (κ2) is 5.81. The first kappa shape index (κ1) is 14.4. The lowest BCUT2D eigenvalue weighted by Crippen LogP contribution is -2.43. The van der Waals surface area contributed by atoms with Gasteiger partial charge in [-0.1, -0.05) is 12.1 Å². The fourth-order valence-electron chi connectivity index (χ4n) is 2.96. The summed E-state index contributed by atoms with van der Waals surface area (Å²) in [4.78, 5) is 21.2. The van der Waals surface area contributed by atoms with Crippen LogP contribution >= 0.6 is 0 Å². The summed E-state index contributed by atoms with van der Waals surface area (Å²) in [5.41, 5.74) is 3.21. The van der Waals surface area contributed by atoms with Crippen LogP contribution in [0.1, 0.15) is 10.5 Å². The summed E-state index contributed by atoms with van der Waals surface area (Å²) >= 11 is 0. The van der Waals surface area contributed by atoms with E-state index in [0.717, 1.165) is 23.6 Å². The average molecular weight is 319 g/mol. The van der Waals surface area contributed by atoms with Crippen molar-refractivity contribution >= 4 is 17.3 Å². The van der Waals surface area contributed by atoms with E-state index in [9.17, 15) is 4.79 Å². The molecule has 0 fully saturated rings. The van der Waals surface area contributed by atoms with Gasteiger partial charge in [0, 0.05) is 38.7 Å². The molecule has 0 N–H and O–H groups in total. The van der Waals surface area contributed by atoms with Gasteiger partial charge in [-0.3, -0.25) is 9.78 Å². The smallest absolute Gasteiger partial charge is 0.277 e. The molecule has 0 aliphatic carbocycles. The molecule has 1 aliphatic heterocycles. The Bertz CT molecular complexity index is 875. The Morgan fingerprint density at radius 1 is 1.04 bits per heavy atom. The first-order valence-electron chi connectivity index (χ1n) is 7.82. The maximum Gasteiger partial charge on any atom is 0.277 e. The predicted molar refractivity (Wildman–Crippen MR) is 92.7 cm³/mol. The summed E-state index contributed by atoms with van der Waals surface area (Å²) in [6.45, 7) is 1.43. The molecular formula is C18H17N5O. The first-order valence-corrected chi connectivity index (χ1v) is 7.82. The molecule has 6 heteroatoms. The highest BCUT2D eigenvalue weighted by Gasteiger charge is 2.26. The minimum atomic E-state index is -0.0930. The highest BCUT2D eigenvalue weighted by Crippen LogP contribution is 2.32. The van der Waals surface area contributed by atoms with Gasteiger partial charge in [-0.2, -0.15) is 5.10 Å². The molecule has 4 rings (SSSR count). The van der Waals surface area contributed by atoms with Crippen molar-refractivity contribution in [2.45, 2.75) is 0 Å². The van der Waals surface area contributed by atoms with Gasteiger partial charge >= 0.3 is 0 Å². The molecule has 120 valence electrons. The van der Waals surface area contributed by atoms with Crippen LogP contribution in [0.25, 0.3) is 5.69 Å². The lowest BCUT2D eigenvalue weighted by molar-refractivity contribution is 0.0982. The number of carbonyl (C=O) groups is 1. The van der Waals surface area contributed by atoms with Crippen LogP contribution in [-0.4, -0.2) is 40.8 Å². The van der Waals surface area contributed by atoms with Crippen LogP contribution in [-0.2, 0) is 0 Å². The van der Waals surface area contributed by atoms with Crippen molar-refractivity contribution in [3.8, 4) is 5.69 Å². The van der Waals surface area contributed by atoms with Gasteiger partial charge in [0.25, 0.3) is 5.91 Å². The SMILES string of the molecule is CN1CCN(C(=O)c2cc(-n3cccn3)ccn2)c2ccccc21. The van der Waals surface area contributed by atoms with Crippen molar-refractivity contribution in [3.63, 3.8) is 0 Å². The number of fused-ring (bicyclic) bond motifs is 1. The summed E-state index contributed by atoms with van der Waals surface area (Å²) in [7, 11) is 2.04. The summed E-state index contributed by atoms with van der Waals surface area (Å²) in [5, 5.41) is 4.20. The molecule has 0 bridgehead atoms. The third-order valence-corrected chi connectivity index (χ3v) is 4.22. The van der Waals surface area contributed by atoms with Gasteiger partial charge in [0.05, 0.1) is 17.1 Å². The highest BCUT2D eigenvalue weighted by atomic mass is 16.2. The van der Waals surface area contributed by atoms with Crippen LogP contribution in [0.3, 0.4) is 0 Å². The largest absolute Gasteiger partial charge is 0.371 e. The molecule has 0 spiro atoms. The van der Waals surface area contributed by atoms with Crippen molar-refractivity contribution < 1.29 is 4.79 Å². The molecule has 0 saturated heterocycles. The summed E-state index contributed by atoms with van der Waals surface area (Å²) in [6.07, 6.45) is 5.19. The second-order valence-electron chi connectivity index (χ2n) is 5.72. The van der Waals surface area contributed by atoms with Crippen molar-refractivity contribution in [1.29, 1.82) is 0 Å². The average Bonchev–Trinajstić information content (AvgIpc) is 3.17. The minimum absolute atomic E-state index is 0.0930. The predicted octanol–water partition coefficient (Wildman–Crippen LogP) is 2.36. The molecule has 6 nitrogen and oxygen atoms in total. The van der Waals surface area contributed by atoms with Gasteiger partial charge in [0.2, 0.25) is 0 Å². The Morgan fingerprint density at radius 2 is 1.88 bits per heavy atom. The highest BCUT2D eigenvalue weighted by molar-refractivity contribution is 6.07. The molecule has 0 saturated carbocycles. The van der Waals surface area contributed by atoms with E-state index in [1.54, 1.807) is 28.0 Å². The summed E-state index contributed by atoms with van der Waals surface area (Å²) in [6, 6.07) is 13.4. The van der Waals surface area contributed by atoms with Gasteiger partial charge in [-0.05, 0) is 30.3 Å². The molecule has 0 radical (unpaired) electrons. The third-order valence-electron chi connectivity index (χ3n) is 4.22. The zero-order valence-corrected chi connectivity index (χ0v) is 13.3. The quantitative estimate of drug-likeness (QED) is 0.728. The Morgan fingerprint density at radius 3 is 2.67 bits per heavy atom. The molecule has 1 aliphatic rings. The molecule has 1 aromatic carbocycles. The maximum absolute atomic E-state index is 13.0. The standard InChI is InChI=1S/C18H17N5O/c1-21-11-12-22(17-6-3-2-5-16(17)21)18(24)15-13-14(7-9-19-15)23-10-4-8-20-23/h2-10,13H,11-12H2,1H3. The van der Waals surface area contributed by atoms with Crippen LogP contribution in [0.5, 0.6) is 0 Å². The monoisotopic (exact) mass is 319 g/mol. The van der Waals surface area contributed by atoms with Crippen LogP contribution in [0.2, 0.25) is 0 Å². The third kappa shape index (κ3) is 2.42. The zero-order valence-electron chi connectivity index (χ0n) is 13.3. The summed E-state index contributed by atoms with van der Waals surface area (Å²) < 4.78 is 1.72. The number of hydrogen-bond donors (Lipinski definition) is 0. The van der Waals surface area contributed by atoms with Crippen molar-refractivity contribution in [2.24, 2.45) is 0 Å². The van der Waals surface area contributed by atoms with E-state index < -0.39 is 0 Å². The fourth-order valence-corrected chi connectivity index (χ4v) is 2.96. The van der Waals surface area contributed by atoms with Gasteiger partial charge in [0.1, 0.15) is 5.69 Å². The Kier molecular flexibility index (Phi) is 3.49. The Balaban J connectivity index is 1.70. The van der Waals surface area contributed by atoms with E-state index in [4.69, 9.17) is 0 Å². The molecule has 2 aromatic heterocycles. The van der Waals surface area contributed by atoms with E-state index >= 15 is 0 Å². The molecule has 24 heavy (non-hydrogen) atoms. The van der Waals surface area contributed by atoms with Gasteiger partial charge < -0.3 is 9.80 Å². The number of aromatic nitrogens is 3. The number of anilines is 2. The van der Waals surface area contributed by atoms with Crippen LogP contribution in [0, 0.1) is 0 Å². The number of hydrogen-bond acceptors (Lipinski definition) is 4. The number of rotatable bonds is 2. The van der Waals surface area contributed by atoms with E-state index in [-0.39, 0.29) is 5.91 Å². The number of para-hydroxylation sites is 2.